The van der Waals surface area contributed by atoms with Crippen LogP contribution in [0.4, 0.5) is 4.79 Å². The Labute approximate surface area is 138 Å². The topological polar surface area (TPSA) is 38.8 Å². The van der Waals surface area contributed by atoms with E-state index in [4.69, 9.17) is 9.47 Å². The van der Waals surface area contributed by atoms with Gasteiger partial charge in [0.1, 0.15) is 12.4 Å². The van der Waals surface area contributed by atoms with Gasteiger partial charge in [0.25, 0.3) is 0 Å². The van der Waals surface area contributed by atoms with Gasteiger partial charge in [0, 0.05) is 18.1 Å². The van der Waals surface area contributed by atoms with Gasteiger partial charge in [-0.25, -0.2) is 4.79 Å². The van der Waals surface area contributed by atoms with E-state index < -0.39 is 0 Å². The van der Waals surface area contributed by atoms with E-state index in [0.29, 0.717) is 6.54 Å². The molecule has 0 aliphatic heterocycles. The number of hydrogen-bond acceptors (Lipinski definition) is 3. The minimum atomic E-state index is -0.362. The van der Waals surface area contributed by atoms with Crippen molar-refractivity contribution in [2.24, 2.45) is 0 Å². The van der Waals surface area contributed by atoms with E-state index in [1.807, 2.05) is 48.5 Å². The number of nitrogens with zero attached hydrogens (tertiary/aromatic N) is 1. The van der Waals surface area contributed by atoms with Gasteiger partial charge in [-0.2, -0.15) is 0 Å². The Morgan fingerprint density at radius 1 is 1.18 bits per heavy atom. The predicted molar refractivity (Wildman–Crippen MR) is 88.8 cm³/mol. The zero-order chi connectivity index (χ0) is 15.9. The monoisotopic (exact) mass is 363 g/mol. The molecule has 2 aromatic carbocycles. The lowest BCUT2D eigenvalue weighted by Crippen LogP contribution is -2.27. The molecule has 0 saturated carbocycles. The molecule has 0 saturated heterocycles. The van der Waals surface area contributed by atoms with Crippen LogP contribution in [0.25, 0.3) is 0 Å². The van der Waals surface area contributed by atoms with Crippen LogP contribution < -0.4 is 4.74 Å². The largest absolute Gasteiger partial charge is 0.497 e. The third kappa shape index (κ3) is 4.49. The van der Waals surface area contributed by atoms with Gasteiger partial charge in [-0.05, 0) is 29.3 Å². The molecular weight excluding hydrogens is 346 g/mol. The first-order valence-corrected chi connectivity index (χ1v) is 7.63. The number of ether oxygens (including phenoxy) is 2. The number of carbonyl (C=O) groups excluding carboxylic acids is 1. The van der Waals surface area contributed by atoms with Crippen molar-refractivity contribution in [3.8, 4) is 5.75 Å². The molecule has 2 aromatic rings. The molecule has 4 nitrogen and oxygen atoms in total. The Morgan fingerprint density at radius 3 is 2.59 bits per heavy atom. The predicted octanol–water partition coefficient (Wildman–Crippen LogP) is 4.23. The molecular formula is C17H18BrNO3. The first-order chi connectivity index (χ1) is 10.6. The maximum atomic E-state index is 12.0. The molecule has 0 aliphatic rings. The number of hydrogen-bond donors (Lipinski definition) is 0. The maximum absolute atomic E-state index is 12.0. The average Bonchev–Trinajstić information content (AvgIpc) is 2.55. The summed E-state index contributed by atoms with van der Waals surface area (Å²) in [4.78, 5) is 13.6. The van der Waals surface area contributed by atoms with E-state index in [2.05, 4.69) is 15.9 Å². The molecule has 116 valence electrons. The SMILES string of the molecule is COc1ccc(Br)c(CN(C)C(=O)OCc2ccccc2)c1. The smallest absolute Gasteiger partial charge is 0.410 e. The summed E-state index contributed by atoms with van der Waals surface area (Å²) in [6.07, 6.45) is -0.362. The number of amides is 1. The van der Waals surface area contributed by atoms with Crippen LogP contribution in [-0.4, -0.2) is 25.2 Å². The third-order valence-corrected chi connectivity index (χ3v) is 3.95. The van der Waals surface area contributed by atoms with Crippen LogP contribution in [0.15, 0.2) is 53.0 Å². The molecule has 22 heavy (non-hydrogen) atoms. The van der Waals surface area contributed by atoms with Crippen molar-refractivity contribution in [1.82, 2.24) is 4.90 Å². The number of rotatable bonds is 5. The lowest BCUT2D eigenvalue weighted by molar-refractivity contribution is 0.102. The Balaban J connectivity index is 1.94. The van der Waals surface area contributed by atoms with Crippen LogP contribution in [0, 0.1) is 0 Å². The van der Waals surface area contributed by atoms with Gasteiger partial charge in [0.2, 0.25) is 0 Å². The fourth-order valence-electron chi connectivity index (χ4n) is 1.95. The van der Waals surface area contributed by atoms with E-state index in [1.165, 1.54) is 4.90 Å². The van der Waals surface area contributed by atoms with E-state index in [0.717, 1.165) is 21.3 Å². The van der Waals surface area contributed by atoms with Crippen LogP contribution in [0.3, 0.4) is 0 Å². The second-order valence-corrected chi connectivity index (χ2v) is 5.71. The highest BCUT2D eigenvalue weighted by atomic mass is 79.9. The molecule has 0 bridgehead atoms. The van der Waals surface area contributed by atoms with Gasteiger partial charge in [-0.15, -0.1) is 0 Å². The zero-order valence-electron chi connectivity index (χ0n) is 12.6. The highest BCUT2D eigenvalue weighted by molar-refractivity contribution is 9.10. The molecule has 0 radical (unpaired) electrons. The van der Waals surface area contributed by atoms with Gasteiger partial charge in [-0.3, -0.25) is 0 Å². The summed E-state index contributed by atoms with van der Waals surface area (Å²) in [5, 5.41) is 0. The zero-order valence-corrected chi connectivity index (χ0v) is 14.2. The molecule has 5 heteroatoms. The summed E-state index contributed by atoms with van der Waals surface area (Å²) >= 11 is 3.48. The summed E-state index contributed by atoms with van der Waals surface area (Å²) in [5.74, 6) is 0.754. The minimum Gasteiger partial charge on any atom is -0.497 e. The second-order valence-electron chi connectivity index (χ2n) is 4.85. The van der Waals surface area contributed by atoms with E-state index in [-0.39, 0.29) is 12.7 Å². The summed E-state index contributed by atoms with van der Waals surface area (Å²) in [7, 11) is 3.32. The van der Waals surface area contributed by atoms with E-state index in [9.17, 15) is 4.79 Å². The highest BCUT2D eigenvalue weighted by Gasteiger charge is 2.13. The van der Waals surface area contributed by atoms with Crippen molar-refractivity contribution in [3.63, 3.8) is 0 Å². The molecule has 0 fully saturated rings. The fourth-order valence-corrected chi connectivity index (χ4v) is 2.32. The molecule has 0 N–H and O–H groups in total. The molecule has 1 amide bonds. The lowest BCUT2D eigenvalue weighted by atomic mass is 10.2. The van der Waals surface area contributed by atoms with Crippen molar-refractivity contribution < 1.29 is 14.3 Å². The van der Waals surface area contributed by atoms with Crippen LogP contribution in [0.5, 0.6) is 5.75 Å². The van der Waals surface area contributed by atoms with Gasteiger partial charge >= 0.3 is 6.09 Å². The highest BCUT2D eigenvalue weighted by Crippen LogP contribution is 2.23. The van der Waals surface area contributed by atoms with Crippen molar-refractivity contribution in [1.29, 1.82) is 0 Å². The number of methoxy groups -OCH3 is 1. The minimum absolute atomic E-state index is 0.267. The quantitative estimate of drug-likeness (QED) is 0.797. The number of benzene rings is 2. The van der Waals surface area contributed by atoms with Crippen LogP contribution >= 0.6 is 15.9 Å². The first-order valence-electron chi connectivity index (χ1n) is 6.84. The standard InChI is InChI=1S/C17H18BrNO3/c1-19(11-14-10-15(21-2)8-9-16(14)18)17(20)22-12-13-6-4-3-5-7-13/h3-10H,11-12H2,1-2H3. The Morgan fingerprint density at radius 2 is 1.91 bits per heavy atom. The second kappa shape index (κ2) is 7.84. The molecule has 0 aromatic heterocycles. The maximum Gasteiger partial charge on any atom is 0.410 e. The normalized spacial score (nSPS) is 10.1. The Kier molecular flexibility index (Phi) is 5.83. The summed E-state index contributed by atoms with van der Waals surface area (Å²) in [6.45, 7) is 0.703. The number of halogens is 1. The summed E-state index contributed by atoms with van der Waals surface area (Å²) in [5.41, 5.74) is 1.92. The van der Waals surface area contributed by atoms with Gasteiger partial charge in [-0.1, -0.05) is 46.3 Å². The molecule has 0 aliphatic carbocycles. The number of carbonyl (C=O) groups is 1. The van der Waals surface area contributed by atoms with E-state index in [1.54, 1.807) is 14.2 Å². The lowest BCUT2D eigenvalue weighted by Gasteiger charge is -2.18. The molecule has 2 rings (SSSR count). The van der Waals surface area contributed by atoms with Crippen LogP contribution in [-0.2, 0) is 17.9 Å². The van der Waals surface area contributed by atoms with Gasteiger partial charge in [0.05, 0.1) is 7.11 Å². The fraction of sp³-hybridized carbons (Fsp3) is 0.235. The van der Waals surface area contributed by atoms with Crippen molar-refractivity contribution >= 4 is 22.0 Å². The van der Waals surface area contributed by atoms with E-state index >= 15 is 0 Å². The molecule has 0 atom stereocenters. The van der Waals surface area contributed by atoms with Gasteiger partial charge < -0.3 is 14.4 Å². The third-order valence-electron chi connectivity index (χ3n) is 3.18. The molecule has 0 unspecified atom stereocenters. The van der Waals surface area contributed by atoms with Crippen molar-refractivity contribution in [3.05, 3.63) is 64.1 Å². The van der Waals surface area contributed by atoms with Crippen molar-refractivity contribution in [2.75, 3.05) is 14.2 Å². The van der Waals surface area contributed by atoms with Gasteiger partial charge in [0.15, 0.2) is 0 Å². The van der Waals surface area contributed by atoms with Crippen LogP contribution in [0.1, 0.15) is 11.1 Å². The van der Waals surface area contributed by atoms with Crippen LogP contribution in [0.2, 0.25) is 0 Å². The molecule has 0 heterocycles. The average molecular weight is 364 g/mol. The summed E-state index contributed by atoms with van der Waals surface area (Å²) < 4.78 is 11.4. The Hall–Kier alpha value is -2.01. The first kappa shape index (κ1) is 16.4. The Bertz CT molecular complexity index is 631. The summed E-state index contributed by atoms with van der Waals surface area (Å²) in [6, 6.07) is 15.3. The van der Waals surface area contributed by atoms with Crippen molar-refractivity contribution in [2.45, 2.75) is 13.2 Å². The molecule has 0 spiro atoms.